The number of amides is 1. The predicted octanol–water partition coefficient (Wildman–Crippen LogP) is 3.41. The zero-order valence-corrected chi connectivity index (χ0v) is 12.3. The van der Waals surface area contributed by atoms with Crippen molar-refractivity contribution in [2.24, 2.45) is 5.10 Å². The molecular formula is C16H13F4N3O. The number of hydrogen-bond donors (Lipinski definition) is 2. The largest absolute Gasteiger partial charge is 0.416 e. The molecule has 0 aromatic heterocycles. The van der Waals surface area contributed by atoms with Gasteiger partial charge in [0.2, 0.25) is 0 Å². The fraction of sp³-hybridized carbons (Fsp3) is 0.125. The molecule has 2 rings (SSSR count). The van der Waals surface area contributed by atoms with Gasteiger partial charge in [-0.3, -0.25) is 4.79 Å². The van der Waals surface area contributed by atoms with E-state index in [0.717, 1.165) is 12.1 Å². The summed E-state index contributed by atoms with van der Waals surface area (Å²) in [6, 6.07) is 9.82. The van der Waals surface area contributed by atoms with Crippen molar-refractivity contribution in [1.82, 2.24) is 5.43 Å². The van der Waals surface area contributed by atoms with Crippen LogP contribution in [0.15, 0.2) is 53.6 Å². The Morgan fingerprint density at radius 2 is 1.67 bits per heavy atom. The lowest BCUT2D eigenvalue weighted by Gasteiger charge is -2.06. The van der Waals surface area contributed by atoms with Gasteiger partial charge in [-0.2, -0.15) is 18.3 Å². The van der Waals surface area contributed by atoms with Gasteiger partial charge in [-0.25, -0.2) is 9.82 Å². The topological polar surface area (TPSA) is 53.5 Å². The van der Waals surface area contributed by atoms with Crippen LogP contribution in [0, 0.1) is 5.82 Å². The molecule has 2 aromatic rings. The summed E-state index contributed by atoms with van der Waals surface area (Å²) in [5, 5.41) is 6.42. The van der Waals surface area contributed by atoms with Crippen LogP contribution in [0.5, 0.6) is 0 Å². The number of carbonyl (C=O) groups is 1. The highest BCUT2D eigenvalue weighted by Crippen LogP contribution is 2.28. The second-order valence-electron chi connectivity index (χ2n) is 4.77. The smallest absolute Gasteiger partial charge is 0.376 e. The minimum absolute atomic E-state index is 0.0873. The number of carbonyl (C=O) groups excluding carboxylic acids is 1. The van der Waals surface area contributed by atoms with Crippen molar-refractivity contribution in [3.63, 3.8) is 0 Å². The van der Waals surface area contributed by atoms with E-state index in [1.807, 2.05) is 0 Å². The molecule has 0 unspecified atom stereocenters. The molecule has 2 aromatic carbocycles. The number of halogens is 4. The van der Waals surface area contributed by atoms with Gasteiger partial charge in [-0.05, 0) is 42.0 Å². The molecule has 0 aliphatic heterocycles. The predicted molar refractivity (Wildman–Crippen MR) is 82.1 cm³/mol. The first-order valence-corrected chi connectivity index (χ1v) is 6.83. The Bertz CT molecular complexity index is 710. The third kappa shape index (κ3) is 5.38. The number of anilines is 1. The fourth-order valence-electron chi connectivity index (χ4n) is 1.73. The maximum atomic E-state index is 12.7. The summed E-state index contributed by atoms with van der Waals surface area (Å²) in [6.07, 6.45) is -3.16. The number of nitrogens with zero attached hydrogens (tertiary/aromatic N) is 1. The van der Waals surface area contributed by atoms with E-state index in [-0.39, 0.29) is 12.4 Å². The quantitative estimate of drug-likeness (QED) is 0.498. The average molecular weight is 339 g/mol. The van der Waals surface area contributed by atoms with E-state index in [0.29, 0.717) is 11.3 Å². The second kappa shape index (κ2) is 7.58. The van der Waals surface area contributed by atoms with Crippen molar-refractivity contribution in [3.8, 4) is 0 Å². The molecule has 0 aliphatic rings. The highest BCUT2D eigenvalue weighted by Gasteiger charge is 2.29. The van der Waals surface area contributed by atoms with Crippen LogP contribution in [0.3, 0.4) is 0 Å². The van der Waals surface area contributed by atoms with Crippen molar-refractivity contribution in [3.05, 3.63) is 65.5 Å². The Morgan fingerprint density at radius 3 is 2.25 bits per heavy atom. The number of nitrogens with one attached hydrogen (secondary N) is 2. The third-order valence-corrected chi connectivity index (χ3v) is 2.94. The van der Waals surface area contributed by atoms with Gasteiger partial charge in [0.05, 0.1) is 18.3 Å². The number of alkyl halides is 3. The molecule has 0 saturated carbocycles. The lowest BCUT2D eigenvalue weighted by Crippen LogP contribution is -2.25. The lowest BCUT2D eigenvalue weighted by atomic mass is 10.1. The standard InChI is InChI=1S/C16H13F4N3O/c17-13-5-7-14(8-6-13)21-10-15(24)23-22-9-11-1-3-12(4-2-11)16(18,19)20/h1-9,21H,10H2,(H,23,24)/b22-9+. The fourth-order valence-corrected chi connectivity index (χ4v) is 1.73. The highest BCUT2D eigenvalue weighted by molar-refractivity contribution is 5.84. The van der Waals surface area contributed by atoms with Crippen molar-refractivity contribution in [2.45, 2.75) is 6.18 Å². The maximum absolute atomic E-state index is 12.7. The molecule has 126 valence electrons. The summed E-state index contributed by atoms with van der Waals surface area (Å²) < 4.78 is 49.9. The Balaban J connectivity index is 1.80. The van der Waals surface area contributed by atoms with Gasteiger partial charge in [0.15, 0.2) is 0 Å². The zero-order valence-electron chi connectivity index (χ0n) is 12.3. The Labute approximate surface area is 135 Å². The Morgan fingerprint density at radius 1 is 1.04 bits per heavy atom. The van der Waals surface area contributed by atoms with E-state index in [1.165, 1.54) is 42.6 Å². The molecule has 0 spiro atoms. The van der Waals surface area contributed by atoms with E-state index in [4.69, 9.17) is 0 Å². The summed E-state index contributed by atoms with van der Waals surface area (Å²) in [7, 11) is 0. The normalized spacial score (nSPS) is 11.5. The number of rotatable bonds is 5. The van der Waals surface area contributed by atoms with Crippen LogP contribution in [0.2, 0.25) is 0 Å². The van der Waals surface area contributed by atoms with Gasteiger partial charge in [0, 0.05) is 5.69 Å². The highest BCUT2D eigenvalue weighted by atomic mass is 19.4. The summed E-state index contributed by atoms with van der Waals surface area (Å²) >= 11 is 0. The van der Waals surface area contributed by atoms with E-state index < -0.39 is 17.6 Å². The summed E-state index contributed by atoms with van der Waals surface area (Å²) in [5.41, 5.74) is 2.45. The van der Waals surface area contributed by atoms with Crippen LogP contribution >= 0.6 is 0 Å². The average Bonchev–Trinajstić information content (AvgIpc) is 2.54. The molecule has 4 nitrogen and oxygen atoms in total. The molecule has 1 amide bonds. The van der Waals surface area contributed by atoms with Crippen molar-refractivity contribution < 1.29 is 22.4 Å². The van der Waals surface area contributed by atoms with Gasteiger partial charge >= 0.3 is 6.18 Å². The Hall–Kier alpha value is -2.90. The molecule has 0 atom stereocenters. The number of benzene rings is 2. The molecule has 0 radical (unpaired) electrons. The molecule has 8 heteroatoms. The first-order chi connectivity index (χ1) is 11.3. The van der Waals surface area contributed by atoms with Gasteiger partial charge in [0.25, 0.3) is 5.91 Å². The SMILES string of the molecule is O=C(CNc1ccc(F)cc1)N/N=C/c1ccc(C(F)(F)F)cc1. The first kappa shape index (κ1) is 17.5. The summed E-state index contributed by atoms with van der Waals surface area (Å²) in [6.45, 7) is -0.0873. The van der Waals surface area contributed by atoms with Gasteiger partial charge in [0.1, 0.15) is 5.82 Å². The van der Waals surface area contributed by atoms with Gasteiger partial charge < -0.3 is 5.32 Å². The maximum Gasteiger partial charge on any atom is 0.416 e. The second-order valence-corrected chi connectivity index (χ2v) is 4.77. The van der Waals surface area contributed by atoms with Crippen LogP contribution in [0.25, 0.3) is 0 Å². The van der Waals surface area contributed by atoms with Crippen LogP contribution in [0.1, 0.15) is 11.1 Å². The first-order valence-electron chi connectivity index (χ1n) is 6.83. The molecular weight excluding hydrogens is 326 g/mol. The van der Waals surface area contributed by atoms with Crippen LogP contribution < -0.4 is 10.7 Å². The van der Waals surface area contributed by atoms with E-state index in [9.17, 15) is 22.4 Å². The van der Waals surface area contributed by atoms with E-state index >= 15 is 0 Å². The Kier molecular flexibility index (Phi) is 5.51. The molecule has 0 fully saturated rings. The van der Waals surface area contributed by atoms with Crippen molar-refractivity contribution >= 4 is 17.8 Å². The van der Waals surface area contributed by atoms with E-state index in [1.54, 1.807) is 0 Å². The zero-order chi connectivity index (χ0) is 17.6. The minimum atomic E-state index is -4.39. The number of hydrogen-bond acceptors (Lipinski definition) is 3. The third-order valence-electron chi connectivity index (χ3n) is 2.94. The molecule has 0 bridgehead atoms. The minimum Gasteiger partial charge on any atom is -0.376 e. The lowest BCUT2D eigenvalue weighted by molar-refractivity contribution is -0.137. The summed E-state index contributed by atoms with van der Waals surface area (Å²) in [4.78, 5) is 11.5. The van der Waals surface area contributed by atoms with Crippen LogP contribution in [0.4, 0.5) is 23.2 Å². The molecule has 0 saturated heterocycles. The number of hydrazone groups is 1. The van der Waals surface area contributed by atoms with Crippen LogP contribution in [-0.2, 0) is 11.0 Å². The van der Waals surface area contributed by atoms with Crippen molar-refractivity contribution in [2.75, 3.05) is 11.9 Å². The van der Waals surface area contributed by atoms with Crippen LogP contribution in [-0.4, -0.2) is 18.7 Å². The molecule has 24 heavy (non-hydrogen) atoms. The molecule has 0 heterocycles. The van der Waals surface area contributed by atoms with Gasteiger partial charge in [-0.15, -0.1) is 0 Å². The van der Waals surface area contributed by atoms with E-state index in [2.05, 4.69) is 15.8 Å². The van der Waals surface area contributed by atoms with Gasteiger partial charge in [-0.1, -0.05) is 12.1 Å². The molecule has 0 aliphatic carbocycles. The van der Waals surface area contributed by atoms with Crippen molar-refractivity contribution in [1.29, 1.82) is 0 Å². The molecule has 2 N–H and O–H groups in total. The summed E-state index contributed by atoms with van der Waals surface area (Å²) in [5.74, 6) is -0.839. The monoisotopic (exact) mass is 339 g/mol.